The molecule has 1 N–H and O–H groups in total. The summed E-state index contributed by atoms with van der Waals surface area (Å²) in [5, 5.41) is 3.14. The average Bonchev–Trinajstić information content (AvgIpc) is 2.73. The number of hydrogen-bond donors (Lipinski definition) is 1. The molecule has 0 unspecified atom stereocenters. The highest BCUT2D eigenvalue weighted by atomic mass is 19.4. The second kappa shape index (κ2) is 10.9. The van der Waals surface area contributed by atoms with Crippen LogP contribution >= 0.6 is 0 Å². The Balaban J connectivity index is 2.22. The van der Waals surface area contributed by atoms with Gasteiger partial charge in [-0.3, -0.25) is 0 Å². The largest absolute Gasteiger partial charge is 0.462 e. The number of carbonyl (C=O) groups excluding carboxylic acids is 1. The molecule has 0 aliphatic carbocycles. The Bertz CT molecular complexity index is 822. The second-order valence-electron chi connectivity index (χ2n) is 6.56. The number of ether oxygens (including phenoxy) is 1. The maximum Gasteiger partial charge on any atom is 0.416 e. The quantitative estimate of drug-likeness (QED) is 0.448. The fourth-order valence-corrected chi connectivity index (χ4v) is 2.87. The molecule has 6 nitrogen and oxygen atoms in total. The van der Waals surface area contributed by atoms with E-state index in [0.717, 1.165) is 38.2 Å². The number of rotatable bonds is 10. The van der Waals surface area contributed by atoms with Crippen molar-refractivity contribution in [3.05, 3.63) is 41.6 Å². The van der Waals surface area contributed by atoms with Crippen molar-refractivity contribution in [3.8, 4) is 11.4 Å². The third-order valence-electron chi connectivity index (χ3n) is 4.59. The molecule has 0 spiro atoms. The van der Waals surface area contributed by atoms with E-state index in [9.17, 15) is 18.0 Å². The molecule has 0 aliphatic rings. The van der Waals surface area contributed by atoms with Crippen LogP contribution < -0.4 is 5.32 Å². The van der Waals surface area contributed by atoms with Gasteiger partial charge in [0.1, 0.15) is 11.4 Å². The van der Waals surface area contributed by atoms with Crippen molar-refractivity contribution in [2.75, 3.05) is 38.1 Å². The Labute approximate surface area is 174 Å². The Morgan fingerprint density at radius 3 is 2.37 bits per heavy atom. The van der Waals surface area contributed by atoms with E-state index in [4.69, 9.17) is 4.74 Å². The smallest absolute Gasteiger partial charge is 0.416 e. The van der Waals surface area contributed by atoms with Gasteiger partial charge < -0.3 is 15.0 Å². The van der Waals surface area contributed by atoms with E-state index in [0.29, 0.717) is 17.9 Å². The van der Waals surface area contributed by atoms with Crippen LogP contribution in [0.5, 0.6) is 0 Å². The lowest BCUT2D eigenvalue weighted by Crippen LogP contribution is -2.25. The first kappa shape index (κ1) is 23.6. The minimum absolute atomic E-state index is 0.190. The third kappa shape index (κ3) is 6.41. The number of hydrogen-bond acceptors (Lipinski definition) is 6. The zero-order chi connectivity index (χ0) is 22.1. The van der Waals surface area contributed by atoms with Gasteiger partial charge >= 0.3 is 12.1 Å². The van der Waals surface area contributed by atoms with Crippen LogP contribution in [0.25, 0.3) is 11.4 Å². The topological polar surface area (TPSA) is 67.3 Å². The van der Waals surface area contributed by atoms with E-state index in [1.807, 2.05) is 0 Å². The summed E-state index contributed by atoms with van der Waals surface area (Å²) in [7, 11) is 0. The summed E-state index contributed by atoms with van der Waals surface area (Å²) >= 11 is 0. The molecule has 2 aromatic rings. The van der Waals surface area contributed by atoms with Crippen LogP contribution in [0, 0.1) is 0 Å². The highest BCUT2D eigenvalue weighted by Crippen LogP contribution is 2.30. The number of carbonyl (C=O) groups is 1. The number of anilines is 1. The molecule has 2 rings (SSSR count). The van der Waals surface area contributed by atoms with Crippen molar-refractivity contribution in [1.29, 1.82) is 0 Å². The Morgan fingerprint density at radius 1 is 1.13 bits per heavy atom. The van der Waals surface area contributed by atoms with Gasteiger partial charge in [-0.2, -0.15) is 13.2 Å². The number of alkyl halides is 3. The predicted octanol–water partition coefficient (Wildman–Crippen LogP) is 4.48. The molecule has 0 saturated heterocycles. The van der Waals surface area contributed by atoms with Gasteiger partial charge in [-0.05, 0) is 45.1 Å². The van der Waals surface area contributed by atoms with Crippen molar-refractivity contribution in [1.82, 2.24) is 14.9 Å². The molecule has 9 heteroatoms. The molecule has 0 aliphatic heterocycles. The molecule has 0 amide bonds. The zero-order valence-corrected chi connectivity index (χ0v) is 17.4. The molecule has 164 valence electrons. The maximum absolute atomic E-state index is 12.8. The Kier molecular flexibility index (Phi) is 8.58. The van der Waals surface area contributed by atoms with E-state index in [2.05, 4.69) is 34.0 Å². The van der Waals surface area contributed by atoms with Crippen LogP contribution in [0.3, 0.4) is 0 Å². The molecule has 1 heterocycles. The van der Waals surface area contributed by atoms with Gasteiger partial charge in [0.05, 0.1) is 12.2 Å². The van der Waals surface area contributed by atoms with Gasteiger partial charge in [0, 0.05) is 18.3 Å². The number of aromatic nitrogens is 2. The Hall–Kier alpha value is -2.68. The summed E-state index contributed by atoms with van der Waals surface area (Å²) < 4.78 is 43.4. The number of nitrogens with zero attached hydrogens (tertiary/aromatic N) is 3. The van der Waals surface area contributed by atoms with Gasteiger partial charge in [0.2, 0.25) is 0 Å². The highest BCUT2D eigenvalue weighted by Gasteiger charge is 2.30. The van der Waals surface area contributed by atoms with E-state index in [-0.39, 0.29) is 18.0 Å². The Morgan fingerprint density at radius 2 is 1.80 bits per heavy atom. The minimum Gasteiger partial charge on any atom is -0.462 e. The molecular weight excluding hydrogens is 397 g/mol. The first-order valence-electron chi connectivity index (χ1n) is 9.98. The predicted molar refractivity (Wildman–Crippen MR) is 109 cm³/mol. The summed E-state index contributed by atoms with van der Waals surface area (Å²) in [5.74, 6) is -0.0244. The summed E-state index contributed by atoms with van der Waals surface area (Å²) in [4.78, 5) is 23.0. The monoisotopic (exact) mass is 424 g/mol. The van der Waals surface area contributed by atoms with Crippen LogP contribution in [-0.2, 0) is 10.9 Å². The van der Waals surface area contributed by atoms with E-state index in [1.165, 1.54) is 18.3 Å². The van der Waals surface area contributed by atoms with Crippen LogP contribution in [0.4, 0.5) is 19.0 Å². The van der Waals surface area contributed by atoms with E-state index in [1.54, 1.807) is 6.92 Å². The fourth-order valence-electron chi connectivity index (χ4n) is 2.87. The standard InChI is InChI=1S/C21H27F3N4O2/c1-4-28(5-2)13-7-12-25-19-17(20(29)30-6-3)14-26-18(27-19)15-8-10-16(11-9-15)21(22,23)24/h8-11,14H,4-7,12-13H2,1-3H3,(H,25,26,27). The van der Waals surface area contributed by atoms with E-state index < -0.39 is 17.7 Å². The van der Waals surface area contributed by atoms with Gasteiger partial charge in [-0.25, -0.2) is 14.8 Å². The van der Waals surface area contributed by atoms with Gasteiger partial charge in [-0.1, -0.05) is 26.0 Å². The molecule has 0 radical (unpaired) electrons. The maximum atomic E-state index is 12.8. The van der Waals surface area contributed by atoms with Crippen LogP contribution in [0.15, 0.2) is 30.5 Å². The first-order valence-corrected chi connectivity index (χ1v) is 9.98. The molecule has 1 aromatic carbocycles. The summed E-state index contributed by atoms with van der Waals surface area (Å²) in [6.45, 7) is 9.48. The van der Waals surface area contributed by atoms with Crippen molar-refractivity contribution in [2.24, 2.45) is 0 Å². The van der Waals surface area contributed by atoms with Crippen molar-refractivity contribution >= 4 is 11.8 Å². The molecule has 0 fully saturated rings. The molecule has 0 atom stereocenters. The van der Waals surface area contributed by atoms with Crippen LogP contribution in [-0.4, -0.2) is 53.6 Å². The number of benzene rings is 1. The van der Waals surface area contributed by atoms with E-state index >= 15 is 0 Å². The van der Waals surface area contributed by atoms with Gasteiger partial charge in [0.25, 0.3) is 0 Å². The van der Waals surface area contributed by atoms with Gasteiger partial charge in [0.15, 0.2) is 5.82 Å². The van der Waals surface area contributed by atoms with Crippen molar-refractivity contribution < 1.29 is 22.7 Å². The summed E-state index contributed by atoms with van der Waals surface area (Å²) in [6.07, 6.45) is -2.24. The lowest BCUT2D eigenvalue weighted by molar-refractivity contribution is -0.137. The number of esters is 1. The minimum atomic E-state index is -4.41. The van der Waals surface area contributed by atoms with Crippen molar-refractivity contribution in [2.45, 2.75) is 33.4 Å². The first-order chi connectivity index (χ1) is 14.3. The molecular formula is C21H27F3N4O2. The second-order valence-corrected chi connectivity index (χ2v) is 6.56. The molecule has 30 heavy (non-hydrogen) atoms. The number of halogens is 3. The fraction of sp³-hybridized carbons (Fsp3) is 0.476. The zero-order valence-electron chi connectivity index (χ0n) is 17.4. The molecule has 1 aromatic heterocycles. The van der Waals surface area contributed by atoms with Crippen molar-refractivity contribution in [3.63, 3.8) is 0 Å². The lowest BCUT2D eigenvalue weighted by Gasteiger charge is -2.18. The van der Waals surface area contributed by atoms with Crippen LogP contribution in [0.1, 0.15) is 43.1 Å². The third-order valence-corrected chi connectivity index (χ3v) is 4.59. The highest BCUT2D eigenvalue weighted by molar-refractivity contribution is 5.94. The molecule has 0 saturated carbocycles. The lowest BCUT2D eigenvalue weighted by atomic mass is 10.1. The molecule has 0 bridgehead atoms. The van der Waals surface area contributed by atoms with Gasteiger partial charge in [-0.15, -0.1) is 0 Å². The van der Waals surface area contributed by atoms with Crippen LogP contribution in [0.2, 0.25) is 0 Å². The number of nitrogens with one attached hydrogen (secondary N) is 1. The normalized spacial score (nSPS) is 11.6. The summed E-state index contributed by atoms with van der Waals surface area (Å²) in [6, 6.07) is 4.59. The average molecular weight is 424 g/mol. The summed E-state index contributed by atoms with van der Waals surface area (Å²) in [5.41, 5.74) is -0.135. The SMILES string of the molecule is CCOC(=O)c1cnc(-c2ccc(C(F)(F)F)cc2)nc1NCCCN(CC)CC.